The molecule has 2 aromatic heterocycles. The highest BCUT2D eigenvalue weighted by molar-refractivity contribution is 7.18. The average Bonchev–Trinajstić information content (AvgIpc) is 3.20. The highest BCUT2D eigenvalue weighted by Gasteiger charge is 2.38. The van der Waals surface area contributed by atoms with Crippen LogP contribution in [0.4, 0.5) is 5.82 Å². The molecule has 3 aromatic rings. The van der Waals surface area contributed by atoms with Crippen LogP contribution in [0, 0.1) is 6.92 Å². The summed E-state index contributed by atoms with van der Waals surface area (Å²) in [6, 6.07) is 13.4. The summed E-state index contributed by atoms with van der Waals surface area (Å²) in [7, 11) is 0. The molecule has 0 unspecified atom stereocenters. The maximum Gasteiger partial charge on any atom is 0.138 e. The summed E-state index contributed by atoms with van der Waals surface area (Å²) in [6.07, 6.45) is 2.05. The van der Waals surface area contributed by atoms with Crippen molar-refractivity contribution < 1.29 is 0 Å². The lowest BCUT2D eigenvalue weighted by Crippen LogP contribution is -2.08. The first-order chi connectivity index (χ1) is 10.7. The van der Waals surface area contributed by atoms with E-state index >= 15 is 0 Å². The number of aryl methyl sites for hydroxylation is 2. The smallest absolute Gasteiger partial charge is 0.138 e. The van der Waals surface area contributed by atoms with Crippen LogP contribution in [0.1, 0.15) is 35.5 Å². The van der Waals surface area contributed by atoms with Gasteiger partial charge in [0.05, 0.1) is 5.39 Å². The molecule has 1 aliphatic carbocycles. The van der Waals surface area contributed by atoms with E-state index in [9.17, 15) is 0 Å². The molecular weight excluding hydrogens is 290 g/mol. The zero-order chi connectivity index (χ0) is 15.1. The van der Waals surface area contributed by atoms with Gasteiger partial charge in [-0.15, -0.1) is 11.3 Å². The van der Waals surface area contributed by atoms with E-state index in [0.29, 0.717) is 12.0 Å². The van der Waals surface area contributed by atoms with Gasteiger partial charge in [-0.25, -0.2) is 9.97 Å². The van der Waals surface area contributed by atoms with E-state index < -0.39 is 0 Å². The van der Waals surface area contributed by atoms with Crippen LogP contribution in [0.15, 0.2) is 36.4 Å². The lowest BCUT2D eigenvalue weighted by Gasteiger charge is -2.08. The van der Waals surface area contributed by atoms with Gasteiger partial charge in [0.2, 0.25) is 0 Å². The summed E-state index contributed by atoms with van der Waals surface area (Å²) in [4.78, 5) is 11.8. The lowest BCUT2D eigenvalue weighted by molar-refractivity contribution is 0.950. The van der Waals surface area contributed by atoms with Crippen LogP contribution in [0.3, 0.4) is 0 Å². The number of hydrogen-bond acceptors (Lipinski definition) is 4. The Morgan fingerprint density at radius 1 is 1.23 bits per heavy atom. The van der Waals surface area contributed by atoms with Gasteiger partial charge in [0.25, 0.3) is 0 Å². The molecule has 1 N–H and O–H groups in total. The van der Waals surface area contributed by atoms with Gasteiger partial charge in [-0.1, -0.05) is 37.3 Å². The van der Waals surface area contributed by atoms with Crippen LogP contribution in [0.25, 0.3) is 10.2 Å². The SMILES string of the molecule is CCc1nc(N[C@H]2C[C@@H]2c2ccccc2)c2cc(C)sc2n1. The number of benzene rings is 1. The zero-order valence-electron chi connectivity index (χ0n) is 12.8. The van der Waals surface area contributed by atoms with E-state index in [-0.39, 0.29) is 0 Å². The van der Waals surface area contributed by atoms with Crippen LogP contribution < -0.4 is 5.32 Å². The maximum absolute atomic E-state index is 4.73. The number of nitrogens with one attached hydrogen (secondary N) is 1. The van der Waals surface area contributed by atoms with Gasteiger partial charge in [-0.3, -0.25) is 0 Å². The van der Waals surface area contributed by atoms with Crippen LogP contribution in [-0.2, 0) is 6.42 Å². The summed E-state index contributed by atoms with van der Waals surface area (Å²) in [5.74, 6) is 2.54. The van der Waals surface area contributed by atoms with Crippen molar-refractivity contribution in [1.82, 2.24) is 9.97 Å². The third kappa shape index (κ3) is 2.48. The predicted molar refractivity (Wildman–Crippen MR) is 92.7 cm³/mol. The lowest BCUT2D eigenvalue weighted by atomic mass is 10.1. The van der Waals surface area contributed by atoms with Gasteiger partial charge < -0.3 is 5.32 Å². The first-order valence-electron chi connectivity index (χ1n) is 7.83. The quantitative estimate of drug-likeness (QED) is 0.769. The molecule has 2 atom stereocenters. The molecular formula is C18H19N3S. The monoisotopic (exact) mass is 309 g/mol. The van der Waals surface area contributed by atoms with Crippen LogP contribution in [0.2, 0.25) is 0 Å². The van der Waals surface area contributed by atoms with E-state index in [4.69, 9.17) is 4.98 Å². The first kappa shape index (κ1) is 13.7. The van der Waals surface area contributed by atoms with Gasteiger partial charge in [-0.2, -0.15) is 0 Å². The van der Waals surface area contributed by atoms with E-state index in [2.05, 4.69) is 60.5 Å². The normalized spacial score (nSPS) is 20.3. The number of nitrogens with zero attached hydrogens (tertiary/aromatic N) is 2. The highest BCUT2D eigenvalue weighted by atomic mass is 32.1. The van der Waals surface area contributed by atoms with Gasteiger partial charge in [0.1, 0.15) is 16.5 Å². The number of thiophene rings is 1. The third-order valence-corrected chi connectivity index (χ3v) is 5.16. The summed E-state index contributed by atoms with van der Waals surface area (Å²) in [5, 5.41) is 4.82. The van der Waals surface area contributed by atoms with Crippen LogP contribution in [-0.4, -0.2) is 16.0 Å². The van der Waals surface area contributed by atoms with E-state index in [1.54, 1.807) is 11.3 Å². The van der Waals surface area contributed by atoms with E-state index in [1.807, 2.05) is 0 Å². The molecule has 112 valence electrons. The molecule has 2 heterocycles. The van der Waals surface area contributed by atoms with Gasteiger partial charge in [0.15, 0.2) is 0 Å². The van der Waals surface area contributed by atoms with Crippen LogP contribution in [0.5, 0.6) is 0 Å². The third-order valence-electron chi connectivity index (χ3n) is 4.22. The topological polar surface area (TPSA) is 37.8 Å². The number of aromatic nitrogens is 2. The highest BCUT2D eigenvalue weighted by Crippen LogP contribution is 2.43. The summed E-state index contributed by atoms with van der Waals surface area (Å²) in [6.45, 7) is 4.24. The first-order valence-corrected chi connectivity index (χ1v) is 8.65. The van der Waals surface area contributed by atoms with Crippen molar-refractivity contribution in [1.29, 1.82) is 0 Å². The second-order valence-electron chi connectivity index (χ2n) is 5.92. The zero-order valence-corrected chi connectivity index (χ0v) is 13.7. The fourth-order valence-electron chi connectivity index (χ4n) is 2.95. The van der Waals surface area contributed by atoms with Crippen molar-refractivity contribution in [2.24, 2.45) is 0 Å². The minimum Gasteiger partial charge on any atom is -0.366 e. The molecule has 1 aromatic carbocycles. The molecule has 22 heavy (non-hydrogen) atoms. The Balaban J connectivity index is 1.62. The minimum absolute atomic E-state index is 0.491. The number of fused-ring (bicyclic) bond motifs is 1. The second-order valence-corrected chi connectivity index (χ2v) is 7.16. The Morgan fingerprint density at radius 3 is 2.82 bits per heavy atom. The molecule has 0 spiro atoms. The molecule has 3 nitrogen and oxygen atoms in total. The molecule has 0 bridgehead atoms. The van der Waals surface area contributed by atoms with E-state index in [1.165, 1.54) is 22.2 Å². The van der Waals surface area contributed by atoms with Gasteiger partial charge in [-0.05, 0) is 25.0 Å². The standard InChI is InChI=1S/C18H19N3S/c1-3-16-20-17(14-9-11(2)22-18(14)21-16)19-15-10-13(15)12-7-5-4-6-8-12/h4-9,13,15H,3,10H2,1-2H3,(H,19,20,21)/t13-,15+/m1/s1. The molecule has 0 amide bonds. The molecule has 4 rings (SSSR count). The largest absolute Gasteiger partial charge is 0.366 e. The molecule has 1 saturated carbocycles. The Kier molecular flexibility index (Phi) is 3.34. The number of anilines is 1. The maximum atomic E-state index is 4.73. The number of rotatable bonds is 4. The number of hydrogen-bond donors (Lipinski definition) is 1. The Morgan fingerprint density at radius 2 is 2.05 bits per heavy atom. The van der Waals surface area contributed by atoms with Gasteiger partial charge in [0, 0.05) is 23.3 Å². The van der Waals surface area contributed by atoms with Crippen molar-refractivity contribution in [2.75, 3.05) is 5.32 Å². The fourth-order valence-corrected chi connectivity index (χ4v) is 3.85. The molecule has 0 aliphatic heterocycles. The average molecular weight is 309 g/mol. The molecule has 0 saturated heterocycles. The fraction of sp³-hybridized carbons (Fsp3) is 0.333. The molecule has 0 radical (unpaired) electrons. The van der Waals surface area contributed by atoms with Crippen molar-refractivity contribution in [2.45, 2.75) is 38.6 Å². The Hall–Kier alpha value is -1.94. The molecule has 4 heteroatoms. The summed E-state index contributed by atoms with van der Waals surface area (Å²) in [5.41, 5.74) is 1.42. The minimum atomic E-state index is 0.491. The van der Waals surface area contributed by atoms with Crippen molar-refractivity contribution >= 4 is 27.4 Å². The molecule has 1 aliphatic rings. The van der Waals surface area contributed by atoms with Crippen molar-refractivity contribution in [3.63, 3.8) is 0 Å². The second kappa shape index (κ2) is 5.36. The van der Waals surface area contributed by atoms with Crippen molar-refractivity contribution in [3.8, 4) is 0 Å². The Bertz CT molecular complexity index is 810. The van der Waals surface area contributed by atoms with Gasteiger partial charge >= 0.3 is 0 Å². The Labute approximate surface area is 134 Å². The van der Waals surface area contributed by atoms with Crippen LogP contribution >= 0.6 is 11.3 Å². The summed E-state index contributed by atoms with van der Waals surface area (Å²) >= 11 is 1.75. The van der Waals surface area contributed by atoms with Crippen molar-refractivity contribution in [3.05, 3.63) is 52.7 Å². The summed E-state index contributed by atoms with van der Waals surface area (Å²) < 4.78 is 0. The van der Waals surface area contributed by atoms with E-state index in [0.717, 1.165) is 22.9 Å². The molecule has 1 fully saturated rings. The predicted octanol–water partition coefficient (Wildman–Crippen LogP) is 4.53.